The van der Waals surface area contributed by atoms with Gasteiger partial charge in [-0.25, -0.2) is 9.37 Å². The second kappa shape index (κ2) is 7.08. The summed E-state index contributed by atoms with van der Waals surface area (Å²) in [4.78, 5) is 20.8. The van der Waals surface area contributed by atoms with Crippen LogP contribution in [0.2, 0.25) is 0 Å². The van der Waals surface area contributed by atoms with Crippen molar-refractivity contribution in [3.8, 4) is 0 Å². The Morgan fingerprint density at radius 1 is 1.24 bits per heavy atom. The van der Waals surface area contributed by atoms with Crippen LogP contribution in [0.5, 0.6) is 0 Å². The van der Waals surface area contributed by atoms with Crippen LogP contribution in [0, 0.1) is 12.7 Å². The Balaban J connectivity index is 1.80. The third-order valence-electron chi connectivity index (χ3n) is 3.44. The van der Waals surface area contributed by atoms with Gasteiger partial charge in [-0.05, 0) is 38.1 Å². The predicted molar refractivity (Wildman–Crippen MR) is 88.8 cm³/mol. The fraction of sp³-hybridized carbons (Fsp3) is 0.176. The summed E-state index contributed by atoms with van der Waals surface area (Å²) in [5, 5.41) is 9.30. The molecule has 2 N–H and O–H groups in total. The molecular formula is C17H16FN5O2. The first-order valence-electron chi connectivity index (χ1n) is 7.62. The Morgan fingerprint density at radius 3 is 2.76 bits per heavy atom. The van der Waals surface area contributed by atoms with Gasteiger partial charge in [0.1, 0.15) is 17.7 Å². The van der Waals surface area contributed by atoms with Crippen LogP contribution in [-0.4, -0.2) is 21.0 Å². The third-order valence-corrected chi connectivity index (χ3v) is 3.44. The number of carbonyl (C=O) groups is 1. The van der Waals surface area contributed by atoms with Crippen molar-refractivity contribution < 1.29 is 13.7 Å². The average Bonchev–Trinajstić information content (AvgIpc) is 3.04. The highest BCUT2D eigenvalue weighted by atomic mass is 19.1. The molecule has 25 heavy (non-hydrogen) atoms. The number of pyridine rings is 1. The van der Waals surface area contributed by atoms with E-state index >= 15 is 0 Å². The predicted octanol–water partition coefficient (Wildman–Crippen LogP) is 3.15. The number of nitrogens with zero attached hydrogens (tertiary/aromatic N) is 3. The zero-order valence-corrected chi connectivity index (χ0v) is 13.7. The van der Waals surface area contributed by atoms with Crippen LogP contribution >= 0.6 is 0 Å². The molecular weight excluding hydrogens is 325 g/mol. The topological polar surface area (TPSA) is 92.9 Å². The van der Waals surface area contributed by atoms with Crippen molar-refractivity contribution in [2.45, 2.75) is 19.9 Å². The standard InChI is InChI=1S/C17H16FN5O2/c1-10(17-21-11(2)23-25-17)20-16(24)12-6-5-9-19-15(12)22-14-8-4-3-7-13(14)18/h3-10H,1-2H3,(H,19,22)(H,20,24)/t10-/m0/s1. The Morgan fingerprint density at radius 2 is 2.04 bits per heavy atom. The van der Waals surface area contributed by atoms with E-state index < -0.39 is 17.8 Å². The lowest BCUT2D eigenvalue weighted by Gasteiger charge is -2.13. The number of benzene rings is 1. The summed E-state index contributed by atoms with van der Waals surface area (Å²) in [6.45, 7) is 3.42. The van der Waals surface area contributed by atoms with E-state index in [0.717, 1.165) is 0 Å². The van der Waals surface area contributed by atoms with Gasteiger partial charge in [0.15, 0.2) is 5.82 Å². The summed E-state index contributed by atoms with van der Waals surface area (Å²) < 4.78 is 18.9. The van der Waals surface area contributed by atoms with Gasteiger partial charge < -0.3 is 15.2 Å². The molecule has 2 aromatic heterocycles. The number of amides is 1. The quantitative estimate of drug-likeness (QED) is 0.740. The summed E-state index contributed by atoms with van der Waals surface area (Å²) in [6.07, 6.45) is 1.52. The Bertz CT molecular complexity index is 896. The van der Waals surface area contributed by atoms with Gasteiger partial charge in [-0.15, -0.1) is 0 Å². The van der Waals surface area contributed by atoms with Crippen molar-refractivity contribution in [2.24, 2.45) is 0 Å². The number of hydrogen-bond donors (Lipinski definition) is 2. The van der Waals surface area contributed by atoms with Crippen LogP contribution in [0.3, 0.4) is 0 Å². The molecule has 1 aromatic carbocycles. The molecule has 0 bridgehead atoms. The highest BCUT2D eigenvalue weighted by Crippen LogP contribution is 2.21. The number of carbonyl (C=O) groups excluding carboxylic acids is 1. The lowest BCUT2D eigenvalue weighted by atomic mass is 10.2. The molecule has 0 radical (unpaired) electrons. The smallest absolute Gasteiger partial charge is 0.255 e. The van der Waals surface area contributed by atoms with Crippen molar-refractivity contribution in [2.75, 3.05) is 5.32 Å². The van der Waals surface area contributed by atoms with Gasteiger partial charge in [-0.2, -0.15) is 4.98 Å². The fourth-order valence-corrected chi connectivity index (χ4v) is 2.20. The Hall–Kier alpha value is -3.29. The maximum absolute atomic E-state index is 13.8. The monoisotopic (exact) mass is 341 g/mol. The molecule has 7 nitrogen and oxygen atoms in total. The van der Waals surface area contributed by atoms with Crippen LogP contribution in [0.4, 0.5) is 15.9 Å². The average molecular weight is 341 g/mol. The van der Waals surface area contributed by atoms with E-state index in [4.69, 9.17) is 4.52 Å². The van der Waals surface area contributed by atoms with Crippen LogP contribution < -0.4 is 10.6 Å². The molecule has 1 atom stereocenters. The van der Waals surface area contributed by atoms with Crippen LogP contribution in [0.25, 0.3) is 0 Å². The maximum atomic E-state index is 13.8. The van der Waals surface area contributed by atoms with Crippen molar-refractivity contribution in [1.29, 1.82) is 0 Å². The molecule has 0 saturated heterocycles. The summed E-state index contributed by atoms with van der Waals surface area (Å²) in [5.74, 6) is 0.209. The number of nitrogens with one attached hydrogen (secondary N) is 2. The van der Waals surface area contributed by atoms with Gasteiger partial charge in [0.05, 0.1) is 11.3 Å². The SMILES string of the molecule is Cc1noc([C@H](C)NC(=O)c2cccnc2Nc2ccccc2F)n1. The highest BCUT2D eigenvalue weighted by molar-refractivity contribution is 5.99. The number of para-hydroxylation sites is 1. The van der Waals surface area contributed by atoms with Crippen LogP contribution in [-0.2, 0) is 0 Å². The minimum Gasteiger partial charge on any atom is -0.340 e. The second-order valence-electron chi connectivity index (χ2n) is 5.38. The number of aryl methyl sites for hydroxylation is 1. The largest absolute Gasteiger partial charge is 0.340 e. The van der Waals surface area contributed by atoms with E-state index in [1.54, 1.807) is 44.2 Å². The maximum Gasteiger partial charge on any atom is 0.255 e. The van der Waals surface area contributed by atoms with E-state index in [-0.39, 0.29) is 17.1 Å². The van der Waals surface area contributed by atoms with Crippen molar-refractivity contribution in [3.63, 3.8) is 0 Å². The molecule has 0 saturated carbocycles. The number of anilines is 2. The van der Waals surface area contributed by atoms with Crippen LogP contribution in [0.1, 0.15) is 35.0 Å². The second-order valence-corrected chi connectivity index (χ2v) is 5.38. The lowest BCUT2D eigenvalue weighted by molar-refractivity contribution is 0.0933. The zero-order chi connectivity index (χ0) is 17.8. The molecule has 0 aliphatic rings. The number of rotatable bonds is 5. The Kier molecular flexibility index (Phi) is 4.69. The summed E-state index contributed by atoms with van der Waals surface area (Å²) in [6, 6.07) is 8.91. The summed E-state index contributed by atoms with van der Waals surface area (Å²) in [7, 11) is 0. The van der Waals surface area contributed by atoms with Gasteiger partial charge >= 0.3 is 0 Å². The van der Waals surface area contributed by atoms with Gasteiger partial charge in [-0.3, -0.25) is 4.79 Å². The van der Waals surface area contributed by atoms with Crippen LogP contribution in [0.15, 0.2) is 47.1 Å². The van der Waals surface area contributed by atoms with E-state index in [2.05, 4.69) is 25.8 Å². The summed E-state index contributed by atoms with van der Waals surface area (Å²) in [5.41, 5.74) is 0.504. The van der Waals surface area contributed by atoms with E-state index in [9.17, 15) is 9.18 Å². The first-order chi connectivity index (χ1) is 12.0. The zero-order valence-electron chi connectivity index (χ0n) is 13.7. The van der Waals surface area contributed by atoms with E-state index in [1.807, 2.05) is 0 Å². The van der Waals surface area contributed by atoms with E-state index in [1.165, 1.54) is 12.3 Å². The fourth-order valence-electron chi connectivity index (χ4n) is 2.20. The normalized spacial score (nSPS) is 11.8. The number of aromatic nitrogens is 3. The van der Waals surface area contributed by atoms with Gasteiger partial charge in [0, 0.05) is 6.20 Å². The highest BCUT2D eigenvalue weighted by Gasteiger charge is 2.19. The first-order valence-corrected chi connectivity index (χ1v) is 7.62. The lowest BCUT2D eigenvalue weighted by Crippen LogP contribution is -2.27. The molecule has 0 aliphatic carbocycles. The molecule has 2 heterocycles. The van der Waals surface area contributed by atoms with Gasteiger partial charge in [-0.1, -0.05) is 17.3 Å². The molecule has 0 spiro atoms. The minimum absolute atomic E-state index is 0.232. The first kappa shape index (κ1) is 16.6. The van der Waals surface area contributed by atoms with Gasteiger partial charge in [0.2, 0.25) is 5.89 Å². The van der Waals surface area contributed by atoms with Crippen molar-refractivity contribution >= 4 is 17.4 Å². The molecule has 0 aliphatic heterocycles. The Labute approximate surface area is 143 Å². The van der Waals surface area contributed by atoms with Crippen molar-refractivity contribution in [1.82, 2.24) is 20.4 Å². The summed E-state index contributed by atoms with van der Waals surface area (Å²) >= 11 is 0. The molecule has 3 rings (SSSR count). The minimum atomic E-state index is -0.477. The third kappa shape index (κ3) is 3.79. The number of hydrogen-bond acceptors (Lipinski definition) is 6. The molecule has 8 heteroatoms. The molecule has 0 fully saturated rings. The van der Waals surface area contributed by atoms with Gasteiger partial charge in [0.25, 0.3) is 5.91 Å². The molecule has 3 aromatic rings. The molecule has 1 amide bonds. The van der Waals surface area contributed by atoms with E-state index in [0.29, 0.717) is 11.7 Å². The van der Waals surface area contributed by atoms with Crippen molar-refractivity contribution in [3.05, 3.63) is 65.7 Å². The molecule has 128 valence electrons. The molecule has 0 unspecified atom stereocenters. The number of halogens is 1.